The molecule has 2 N–H and O–H groups in total. The van der Waals surface area contributed by atoms with Crippen LogP contribution >= 0.6 is 0 Å². The second kappa shape index (κ2) is 4.35. The number of nitrogens with zero attached hydrogens (tertiary/aromatic N) is 1. The molecule has 0 aliphatic carbocycles. The highest BCUT2D eigenvalue weighted by atomic mass is 16.5. The number of rotatable bonds is 3. The van der Waals surface area contributed by atoms with Crippen molar-refractivity contribution in [3.8, 4) is 0 Å². The summed E-state index contributed by atoms with van der Waals surface area (Å²) in [6, 6.07) is 0.362. The van der Waals surface area contributed by atoms with Crippen LogP contribution < -0.4 is 10.9 Å². The maximum absolute atomic E-state index is 11.8. The summed E-state index contributed by atoms with van der Waals surface area (Å²) in [7, 11) is 0. The van der Waals surface area contributed by atoms with Gasteiger partial charge in [-0.1, -0.05) is 0 Å². The Morgan fingerprint density at radius 2 is 2.19 bits per heavy atom. The van der Waals surface area contributed by atoms with E-state index in [0.29, 0.717) is 11.9 Å². The Labute approximate surface area is 94.2 Å². The van der Waals surface area contributed by atoms with E-state index in [1.165, 1.54) is 0 Å². The van der Waals surface area contributed by atoms with Crippen LogP contribution in [0.4, 0.5) is 0 Å². The van der Waals surface area contributed by atoms with Crippen LogP contribution in [-0.4, -0.2) is 29.2 Å². The number of H-pyrrole nitrogens is 1. The summed E-state index contributed by atoms with van der Waals surface area (Å²) in [5.41, 5.74) is 1.46. The standard InChI is InChI=1S/C11H17N3O2/c1-6-10(11(15)14-8(3)12-6)7(2)13-9-4-16-5-9/h7,9,13H,4-5H2,1-3H3,(H,12,14,15). The molecule has 1 aliphatic heterocycles. The van der Waals surface area contributed by atoms with E-state index in [-0.39, 0.29) is 11.6 Å². The van der Waals surface area contributed by atoms with Crippen LogP contribution in [0.2, 0.25) is 0 Å². The largest absolute Gasteiger partial charge is 0.378 e. The number of hydrogen-bond donors (Lipinski definition) is 2. The lowest BCUT2D eigenvalue weighted by atomic mass is 10.1. The van der Waals surface area contributed by atoms with Crippen molar-refractivity contribution < 1.29 is 4.74 Å². The van der Waals surface area contributed by atoms with Gasteiger partial charge in [-0.05, 0) is 20.8 Å². The topological polar surface area (TPSA) is 67.0 Å². The molecule has 1 fully saturated rings. The second-order valence-corrected chi connectivity index (χ2v) is 4.27. The third-order valence-electron chi connectivity index (χ3n) is 2.82. The van der Waals surface area contributed by atoms with Gasteiger partial charge in [-0.15, -0.1) is 0 Å². The molecule has 1 aliphatic rings. The van der Waals surface area contributed by atoms with Gasteiger partial charge in [-0.2, -0.15) is 0 Å². The number of ether oxygens (including phenoxy) is 1. The molecular formula is C11H17N3O2. The molecule has 1 atom stereocenters. The van der Waals surface area contributed by atoms with Crippen molar-refractivity contribution in [3.63, 3.8) is 0 Å². The van der Waals surface area contributed by atoms with Gasteiger partial charge in [0.1, 0.15) is 5.82 Å². The van der Waals surface area contributed by atoms with Crippen molar-refractivity contribution in [3.05, 3.63) is 27.4 Å². The van der Waals surface area contributed by atoms with Gasteiger partial charge in [0, 0.05) is 11.7 Å². The van der Waals surface area contributed by atoms with Crippen LogP contribution in [0.1, 0.15) is 30.0 Å². The Bertz CT molecular complexity index is 437. The van der Waals surface area contributed by atoms with Gasteiger partial charge in [0.25, 0.3) is 5.56 Å². The fourth-order valence-corrected chi connectivity index (χ4v) is 2.01. The molecule has 1 unspecified atom stereocenters. The summed E-state index contributed by atoms with van der Waals surface area (Å²) in [6.45, 7) is 7.08. The summed E-state index contributed by atoms with van der Waals surface area (Å²) in [6.07, 6.45) is 0. The fourth-order valence-electron chi connectivity index (χ4n) is 2.01. The van der Waals surface area contributed by atoms with Crippen molar-refractivity contribution >= 4 is 0 Å². The van der Waals surface area contributed by atoms with Gasteiger partial charge >= 0.3 is 0 Å². The van der Waals surface area contributed by atoms with E-state index >= 15 is 0 Å². The molecule has 2 rings (SSSR count). The van der Waals surface area contributed by atoms with E-state index in [1.54, 1.807) is 6.92 Å². The smallest absolute Gasteiger partial charge is 0.255 e. The zero-order valence-electron chi connectivity index (χ0n) is 9.83. The number of hydrogen-bond acceptors (Lipinski definition) is 4. The van der Waals surface area contributed by atoms with E-state index in [9.17, 15) is 4.79 Å². The van der Waals surface area contributed by atoms with Crippen LogP contribution in [0.3, 0.4) is 0 Å². The highest BCUT2D eigenvalue weighted by Gasteiger charge is 2.23. The van der Waals surface area contributed by atoms with Gasteiger partial charge in [-0.25, -0.2) is 4.98 Å². The summed E-state index contributed by atoms with van der Waals surface area (Å²) in [5.74, 6) is 0.658. The molecule has 88 valence electrons. The van der Waals surface area contributed by atoms with Crippen LogP contribution in [-0.2, 0) is 4.74 Å². The number of aromatic nitrogens is 2. The molecule has 1 saturated heterocycles. The molecule has 16 heavy (non-hydrogen) atoms. The summed E-state index contributed by atoms with van der Waals surface area (Å²) >= 11 is 0. The Balaban J connectivity index is 2.21. The molecule has 0 amide bonds. The van der Waals surface area contributed by atoms with Gasteiger partial charge in [-0.3, -0.25) is 4.79 Å². The lowest BCUT2D eigenvalue weighted by molar-refractivity contribution is -0.00936. The minimum atomic E-state index is -0.0507. The van der Waals surface area contributed by atoms with Crippen molar-refractivity contribution in [2.45, 2.75) is 32.9 Å². The summed E-state index contributed by atoms with van der Waals surface area (Å²) in [5, 5.41) is 3.35. The molecule has 5 nitrogen and oxygen atoms in total. The van der Waals surface area contributed by atoms with Gasteiger partial charge in [0.15, 0.2) is 0 Å². The Kier molecular flexibility index (Phi) is 3.07. The van der Waals surface area contributed by atoms with E-state index < -0.39 is 0 Å². The average Bonchev–Trinajstić information content (AvgIpc) is 2.09. The van der Waals surface area contributed by atoms with Gasteiger partial charge in [0.05, 0.1) is 24.8 Å². The first kappa shape index (κ1) is 11.3. The number of aryl methyl sites for hydroxylation is 2. The average molecular weight is 223 g/mol. The van der Waals surface area contributed by atoms with E-state index in [4.69, 9.17) is 4.74 Å². The maximum Gasteiger partial charge on any atom is 0.255 e. The molecule has 0 aromatic carbocycles. The van der Waals surface area contributed by atoms with Crippen molar-refractivity contribution in [2.24, 2.45) is 0 Å². The lowest BCUT2D eigenvalue weighted by Crippen LogP contribution is -2.47. The number of nitrogens with one attached hydrogen (secondary N) is 2. The Morgan fingerprint density at radius 3 is 2.69 bits per heavy atom. The van der Waals surface area contributed by atoms with Crippen LogP contribution in [0, 0.1) is 13.8 Å². The predicted octanol–water partition coefficient (Wildman–Crippen LogP) is 0.436. The van der Waals surface area contributed by atoms with Crippen molar-refractivity contribution in [2.75, 3.05) is 13.2 Å². The monoisotopic (exact) mass is 223 g/mol. The highest BCUT2D eigenvalue weighted by Crippen LogP contribution is 2.13. The van der Waals surface area contributed by atoms with Crippen LogP contribution in [0.15, 0.2) is 4.79 Å². The highest BCUT2D eigenvalue weighted by molar-refractivity contribution is 5.20. The lowest BCUT2D eigenvalue weighted by Gasteiger charge is -2.30. The Morgan fingerprint density at radius 1 is 1.50 bits per heavy atom. The zero-order chi connectivity index (χ0) is 11.7. The van der Waals surface area contributed by atoms with Crippen molar-refractivity contribution in [1.29, 1.82) is 0 Å². The second-order valence-electron chi connectivity index (χ2n) is 4.27. The molecule has 5 heteroatoms. The third-order valence-corrected chi connectivity index (χ3v) is 2.82. The molecule has 0 saturated carbocycles. The van der Waals surface area contributed by atoms with E-state index in [1.807, 2.05) is 13.8 Å². The van der Waals surface area contributed by atoms with E-state index in [2.05, 4.69) is 15.3 Å². The fraction of sp³-hybridized carbons (Fsp3) is 0.636. The molecule has 0 spiro atoms. The number of aromatic amines is 1. The molecule has 1 aromatic heterocycles. The molecular weight excluding hydrogens is 206 g/mol. The third kappa shape index (κ3) is 2.15. The first-order valence-corrected chi connectivity index (χ1v) is 5.49. The molecule has 0 radical (unpaired) electrons. The SMILES string of the molecule is Cc1nc(C)c(C(C)NC2COC2)c(=O)[nH]1. The maximum atomic E-state index is 11.8. The summed E-state index contributed by atoms with van der Waals surface area (Å²) in [4.78, 5) is 18.8. The first-order chi connectivity index (χ1) is 7.58. The first-order valence-electron chi connectivity index (χ1n) is 5.49. The summed E-state index contributed by atoms with van der Waals surface area (Å²) < 4.78 is 5.09. The predicted molar refractivity (Wildman–Crippen MR) is 60.5 cm³/mol. The van der Waals surface area contributed by atoms with Crippen molar-refractivity contribution in [1.82, 2.24) is 15.3 Å². The zero-order valence-corrected chi connectivity index (χ0v) is 9.83. The molecule has 0 bridgehead atoms. The molecule has 1 aromatic rings. The Hall–Kier alpha value is -1.20. The van der Waals surface area contributed by atoms with Crippen LogP contribution in [0.5, 0.6) is 0 Å². The quantitative estimate of drug-likeness (QED) is 0.780. The normalized spacial score (nSPS) is 18.2. The minimum Gasteiger partial charge on any atom is -0.378 e. The van der Waals surface area contributed by atoms with Crippen LogP contribution in [0.25, 0.3) is 0 Å². The van der Waals surface area contributed by atoms with Gasteiger partial charge in [0.2, 0.25) is 0 Å². The van der Waals surface area contributed by atoms with E-state index in [0.717, 1.165) is 24.5 Å². The minimum absolute atomic E-state index is 0.00532. The molecule has 2 heterocycles. The van der Waals surface area contributed by atoms with Gasteiger partial charge < -0.3 is 15.0 Å².